The van der Waals surface area contributed by atoms with Crippen LogP contribution >= 0.6 is 0 Å². The lowest BCUT2D eigenvalue weighted by Gasteiger charge is -2.09. The molecule has 0 aliphatic carbocycles. The lowest BCUT2D eigenvalue weighted by molar-refractivity contribution is 0.252. The molecule has 3 aromatic rings. The van der Waals surface area contributed by atoms with Crippen LogP contribution in [-0.2, 0) is 13.6 Å². The first-order valence-corrected chi connectivity index (χ1v) is 7.15. The van der Waals surface area contributed by atoms with Gasteiger partial charge in [-0.2, -0.15) is 5.10 Å². The van der Waals surface area contributed by atoms with E-state index in [-0.39, 0.29) is 6.03 Å². The largest absolute Gasteiger partial charge is 0.334 e. The fourth-order valence-corrected chi connectivity index (χ4v) is 2.50. The van der Waals surface area contributed by atoms with Gasteiger partial charge in [0.05, 0.1) is 11.4 Å². The maximum Gasteiger partial charge on any atom is 0.319 e. The smallest absolute Gasteiger partial charge is 0.319 e. The molecule has 0 aliphatic heterocycles. The Hall–Kier alpha value is -2.82. The van der Waals surface area contributed by atoms with E-state index in [0.29, 0.717) is 6.54 Å². The minimum atomic E-state index is -0.223. The monoisotopic (exact) mass is 294 g/mol. The van der Waals surface area contributed by atoms with Gasteiger partial charge in [-0.1, -0.05) is 36.4 Å². The minimum Gasteiger partial charge on any atom is -0.334 e. The van der Waals surface area contributed by atoms with E-state index >= 15 is 0 Å². The molecule has 0 aliphatic rings. The van der Waals surface area contributed by atoms with Crippen molar-refractivity contribution in [1.82, 2.24) is 15.1 Å². The van der Waals surface area contributed by atoms with Crippen LogP contribution < -0.4 is 10.6 Å². The fraction of sp³-hybridized carbons (Fsp3) is 0.176. The highest BCUT2D eigenvalue weighted by Crippen LogP contribution is 2.22. The van der Waals surface area contributed by atoms with Crippen LogP contribution in [0.25, 0.3) is 10.8 Å². The summed E-state index contributed by atoms with van der Waals surface area (Å²) in [6.45, 7) is 2.38. The maximum atomic E-state index is 12.1. The van der Waals surface area contributed by atoms with Gasteiger partial charge in [0.25, 0.3) is 0 Å². The number of carbonyl (C=O) groups excluding carboxylic acids is 1. The molecule has 0 fully saturated rings. The first kappa shape index (κ1) is 14.1. The quantitative estimate of drug-likeness (QED) is 0.779. The highest BCUT2D eigenvalue weighted by molar-refractivity contribution is 6.01. The van der Waals surface area contributed by atoms with Gasteiger partial charge in [-0.25, -0.2) is 4.79 Å². The molecule has 0 radical (unpaired) electrons. The van der Waals surface area contributed by atoms with Crippen LogP contribution in [0.5, 0.6) is 0 Å². The topological polar surface area (TPSA) is 59.0 Å². The van der Waals surface area contributed by atoms with Gasteiger partial charge in [-0.05, 0) is 18.4 Å². The molecule has 112 valence electrons. The molecule has 0 unspecified atom stereocenters. The van der Waals surface area contributed by atoms with Gasteiger partial charge in [-0.3, -0.25) is 4.68 Å². The van der Waals surface area contributed by atoms with Crippen molar-refractivity contribution in [2.75, 3.05) is 5.32 Å². The molecule has 0 saturated heterocycles. The average Bonchev–Trinajstić information content (AvgIpc) is 2.83. The second-order valence-corrected chi connectivity index (χ2v) is 5.25. The summed E-state index contributed by atoms with van der Waals surface area (Å²) in [4.78, 5) is 12.1. The van der Waals surface area contributed by atoms with E-state index in [1.54, 1.807) is 4.68 Å². The van der Waals surface area contributed by atoms with Crippen LogP contribution in [0.1, 0.15) is 11.3 Å². The number of rotatable bonds is 3. The molecule has 5 nitrogen and oxygen atoms in total. The number of aromatic nitrogens is 2. The van der Waals surface area contributed by atoms with Gasteiger partial charge in [-0.15, -0.1) is 0 Å². The van der Waals surface area contributed by atoms with Crippen molar-refractivity contribution < 1.29 is 4.79 Å². The van der Waals surface area contributed by atoms with Crippen molar-refractivity contribution in [2.45, 2.75) is 13.5 Å². The molecule has 0 bridgehead atoms. The van der Waals surface area contributed by atoms with Crippen LogP contribution in [0.3, 0.4) is 0 Å². The molecule has 1 heterocycles. The fourth-order valence-electron chi connectivity index (χ4n) is 2.50. The molecular formula is C17H18N4O. The second kappa shape index (κ2) is 5.89. The van der Waals surface area contributed by atoms with Crippen LogP contribution in [0.15, 0.2) is 48.7 Å². The summed E-state index contributed by atoms with van der Waals surface area (Å²) >= 11 is 0. The molecule has 0 spiro atoms. The van der Waals surface area contributed by atoms with Crippen molar-refractivity contribution in [3.63, 3.8) is 0 Å². The molecule has 22 heavy (non-hydrogen) atoms. The number of nitrogens with zero attached hydrogens (tertiary/aromatic N) is 2. The number of nitrogens with one attached hydrogen (secondary N) is 2. The zero-order chi connectivity index (χ0) is 15.5. The summed E-state index contributed by atoms with van der Waals surface area (Å²) in [6.07, 6.45) is 1.91. The summed E-state index contributed by atoms with van der Waals surface area (Å²) in [7, 11) is 1.87. The number of fused-ring (bicyclic) bond motifs is 1. The number of amides is 2. The van der Waals surface area contributed by atoms with Gasteiger partial charge < -0.3 is 10.6 Å². The van der Waals surface area contributed by atoms with Crippen LogP contribution in [0.2, 0.25) is 0 Å². The van der Waals surface area contributed by atoms with E-state index in [0.717, 1.165) is 27.7 Å². The zero-order valence-corrected chi connectivity index (χ0v) is 12.6. The number of aryl methyl sites for hydroxylation is 2. The van der Waals surface area contributed by atoms with E-state index in [1.165, 1.54) is 0 Å². The normalized spacial score (nSPS) is 10.6. The summed E-state index contributed by atoms with van der Waals surface area (Å²) in [6, 6.07) is 13.6. The second-order valence-electron chi connectivity index (χ2n) is 5.25. The highest BCUT2D eigenvalue weighted by atomic mass is 16.2. The van der Waals surface area contributed by atoms with Gasteiger partial charge in [0, 0.05) is 30.7 Å². The Bertz CT molecular complexity index is 817. The molecule has 0 saturated carbocycles. The lowest BCUT2D eigenvalue weighted by atomic mass is 10.1. The Balaban J connectivity index is 1.70. The Morgan fingerprint density at radius 2 is 1.95 bits per heavy atom. The van der Waals surface area contributed by atoms with Gasteiger partial charge in [0.15, 0.2) is 0 Å². The third-order valence-corrected chi connectivity index (χ3v) is 3.59. The maximum absolute atomic E-state index is 12.1. The number of anilines is 1. The standard InChI is InChI=1S/C17H18N4O/c1-12-14(11-21(2)20-12)10-18-17(22)19-16-9-5-7-13-6-3-4-8-15(13)16/h3-9,11H,10H2,1-2H3,(H2,18,19,22). The van der Waals surface area contributed by atoms with Crippen molar-refractivity contribution in [1.29, 1.82) is 0 Å². The third-order valence-electron chi connectivity index (χ3n) is 3.59. The Kier molecular flexibility index (Phi) is 3.78. The van der Waals surface area contributed by atoms with E-state index in [2.05, 4.69) is 15.7 Å². The van der Waals surface area contributed by atoms with Crippen molar-refractivity contribution in [3.05, 3.63) is 59.9 Å². The van der Waals surface area contributed by atoms with Gasteiger partial charge in [0.1, 0.15) is 0 Å². The number of benzene rings is 2. The van der Waals surface area contributed by atoms with Crippen molar-refractivity contribution in [2.24, 2.45) is 7.05 Å². The van der Waals surface area contributed by atoms with Crippen molar-refractivity contribution in [3.8, 4) is 0 Å². The summed E-state index contributed by atoms with van der Waals surface area (Å²) in [5, 5.41) is 12.2. The van der Waals surface area contributed by atoms with Gasteiger partial charge >= 0.3 is 6.03 Å². The molecule has 5 heteroatoms. The number of hydrogen-bond donors (Lipinski definition) is 2. The minimum absolute atomic E-state index is 0.223. The van der Waals surface area contributed by atoms with Gasteiger partial charge in [0.2, 0.25) is 0 Å². The Morgan fingerprint density at radius 3 is 2.73 bits per heavy atom. The van der Waals surface area contributed by atoms with E-state index in [1.807, 2.05) is 62.6 Å². The molecule has 0 atom stereocenters. The average molecular weight is 294 g/mol. The summed E-state index contributed by atoms with van der Waals surface area (Å²) in [5.74, 6) is 0. The predicted molar refractivity (Wildman–Crippen MR) is 87.8 cm³/mol. The van der Waals surface area contributed by atoms with Crippen LogP contribution in [-0.4, -0.2) is 15.8 Å². The molecule has 2 amide bonds. The zero-order valence-electron chi connectivity index (χ0n) is 12.6. The summed E-state index contributed by atoms with van der Waals surface area (Å²) < 4.78 is 1.74. The molecule has 2 N–H and O–H groups in total. The first-order chi connectivity index (χ1) is 10.6. The Labute approximate surface area is 128 Å². The third kappa shape index (κ3) is 2.93. The molecular weight excluding hydrogens is 276 g/mol. The van der Waals surface area contributed by atoms with Crippen molar-refractivity contribution >= 4 is 22.5 Å². The molecule has 3 rings (SSSR count). The van der Waals surface area contributed by atoms with E-state index in [9.17, 15) is 4.79 Å². The van der Waals surface area contributed by atoms with Crippen LogP contribution in [0, 0.1) is 6.92 Å². The number of carbonyl (C=O) groups is 1. The van der Waals surface area contributed by atoms with E-state index in [4.69, 9.17) is 0 Å². The SMILES string of the molecule is Cc1nn(C)cc1CNC(=O)Nc1cccc2ccccc12. The predicted octanol–water partition coefficient (Wildman–Crippen LogP) is 3.20. The lowest BCUT2D eigenvalue weighted by Crippen LogP contribution is -2.28. The van der Waals surface area contributed by atoms with E-state index < -0.39 is 0 Å². The number of hydrogen-bond acceptors (Lipinski definition) is 2. The molecule has 2 aromatic carbocycles. The molecule has 1 aromatic heterocycles. The summed E-state index contributed by atoms with van der Waals surface area (Å²) in [5.41, 5.74) is 2.74. The number of urea groups is 1. The Morgan fingerprint density at radius 1 is 1.18 bits per heavy atom. The highest BCUT2D eigenvalue weighted by Gasteiger charge is 2.07. The van der Waals surface area contributed by atoms with Crippen LogP contribution in [0.4, 0.5) is 10.5 Å². The first-order valence-electron chi connectivity index (χ1n) is 7.15.